The van der Waals surface area contributed by atoms with Crippen LogP contribution < -0.4 is 16.0 Å². The molecule has 6 rings (SSSR count). The van der Waals surface area contributed by atoms with Crippen molar-refractivity contribution >= 4 is 82.5 Å². The molecule has 0 radical (unpaired) electrons. The Hall–Kier alpha value is -6.32. The fourth-order valence-corrected chi connectivity index (χ4v) is 15.4. The number of nitrogens with zero attached hydrogens (tertiary/aromatic N) is 9. The Bertz CT molecular complexity index is 2770. The maximum Gasteiger partial charge on any atom is 0.393 e. The first-order valence-corrected chi connectivity index (χ1v) is 35.3. The van der Waals surface area contributed by atoms with Gasteiger partial charge in [-0.1, -0.05) is 66.2 Å². The highest BCUT2D eigenvalue weighted by atomic mass is 35.5. The van der Waals surface area contributed by atoms with Gasteiger partial charge in [-0.15, -0.1) is 11.6 Å². The molecule has 12 amide bonds. The minimum Gasteiger partial charge on any atom is -0.379 e. The molecule has 96 heavy (non-hydrogen) atoms. The Morgan fingerprint density at radius 3 is 1.86 bits per heavy atom. The van der Waals surface area contributed by atoms with E-state index < -0.39 is 174 Å². The van der Waals surface area contributed by atoms with E-state index in [1.54, 1.807) is 18.7 Å². The van der Waals surface area contributed by atoms with Gasteiger partial charge in [0.1, 0.15) is 47.8 Å². The minimum absolute atomic E-state index is 0.0112. The average Bonchev–Trinajstić information content (AvgIpc) is 1.41. The third kappa shape index (κ3) is 19.5. The summed E-state index contributed by atoms with van der Waals surface area (Å²) in [5, 5.41) is 7.45. The second kappa shape index (κ2) is 35.4. The van der Waals surface area contributed by atoms with E-state index in [1.165, 1.54) is 68.9 Å². The lowest BCUT2D eigenvalue weighted by atomic mass is 9.78. The van der Waals surface area contributed by atoms with Gasteiger partial charge in [-0.25, -0.2) is 0 Å². The highest BCUT2D eigenvalue weighted by molar-refractivity contribution is 6.21. The second-order valence-electron chi connectivity index (χ2n) is 28.0. The maximum atomic E-state index is 15.6. The standard InChI is InChI=1S/C67H108ClF3N12O13/c1-12-35-96-41-51-61(91)76(6)38-52(84)72-47(29-27-43-26-28-45(46(68)36-43)67(69,70)71)60(90)83-34-22-25-49(83)59(89)74-66(30-18-19-31-66)65(95)81(11)57(44-23-16-15-17-24-44)64(94)80(10)50(62(92)82-32-20-21-33-82)37-53(85)78(8)48(14-3)58(88)73-56(42(4)13-2)63(93)77(7)39-54(86)75(5)40-55(87)79(51)9/h42-51,56-57H,12-41H2,1-11H3,(H,72,84)(H,73,88)(H,74,89)/t42-,43?,45?,46?,47-,48-,49-,50-,51-,56-,57-/m0/s1. The first-order chi connectivity index (χ1) is 45.3. The Balaban J connectivity index is 1.40. The van der Waals surface area contributed by atoms with E-state index >= 15 is 19.2 Å². The quantitative estimate of drug-likeness (QED) is 0.185. The summed E-state index contributed by atoms with van der Waals surface area (Å²) in [7, 11) is 9.72. The van der Waals surface area contributed by atoms with Gasteiger partial charge >= 0.3 is 6.18 Å². The summed E-state index contributed by atoms with van der Waals surface area (Å²) in [6, 6.07) is -8.78. The smallest absolute Gasteiger partial charge is 0.379 e. The summed E-state index contributed by atoms with van der Waals surface area (Å²) in [5.41, 5.74) is -1.55. The van der Waals surface area contributed by atoms with Gasteiger partial charge in [0.05, 0.1) is 38.6 Å². The molecule has 542 valence electrons. The minimum atomic E-state index is -4.51. The monoisotopic (exact) mass is 1380 g/mol. The molecule has 3 aliphatic carbocycles. The molecule has 0 aromatic heterocycles. The number of hydrogen-bond donors (Lipinski definition) is 3. The number of halogens is 4. The third-order valence-corrected chi connectivity index (χ3v) is 21.7. The van der Waals surface area contributed by atoms with E-state index in [9.17, 15) is 51.5 Å². The Labute approximate surface area is 569 Å². The number of amides is 12. The third-order valence-electron chi connectivity index (χ3n) is 21.2. The average molecular weight is 1380 g/mol. The summed E-state index contributed by atoms with van der Waals surface area (Å²) < 4.78 is 47.6. The summed E-state index contributed by atoms with van der Waals surface area (Å²) in [4.78, 5) is 188. The molecule has 0 aromatic carbocycles. The lowest BCUT2D eigenvalue weighted by Crippen LogP contribution is -2.65. The fourth-order valence-electron chi connectivity index (χ4n) is 14.9. The molecule has 3 heterocycles. The van der Waals surface area contributed by atoms with Crippen LogP contribution in [0.15, 0.2) is 0 Å². The van der Waals surface area contributed by atoms with Crippen molar-refractivity contribution in [1.82, 2.24) is 60.0 Å². The normalized spacial score (nSPS) is 29.5. The molecular weight excluding hydrogens is 1270 g/mol. The van der Waals surface area contributed by atoms with Crippen LogP contribution in [0.2, 0.25) is 0 Å². The van der Waals surface area contributed by atoms with Crippen molar-refractivity contribution in [2.45, 2.75) is 228 Å². The van der Waals surface area contributed by atoms with Crippen LogP contribution in [-0.2, 0) is 62.3 Å². The van der Waals surface area contributed by atoms with E-state index in [0.717, 1.165) is 38.9 Å². The van der Waals surface area contributed by atoms with E-state index in [0.29, 0.717) is 70.9 Å². The first kappa shape index (κ1) is 78.7. The summed E-state index contributed by atoms with van der Waals surface area (Å²) in [5.74, 6) is -10.9. The van der Waals surface area contributed by atoms with Crippen LogP contribution in [0.25, 0.3) is 0 Å². The molecule has 3 aliphatic heterocycles. The van der Waals surface area contributed by atoms with Crippen LogP contribution in [-0.4, -0.2) is 276 Å². The van der Waals surface area contributed by atoms with Gasteiger partial charge in [0.2, 0.25) is 70.9 Å². The highest BCUT2D eigenvalue weighted by Crippen LogP contribution is 2.44. The SMILES string of the molecule is CCCOC[C@H]1C(=O)N(C)CC(=O)N[C@@H](CCC2CCC(C(F)(F)F)C(Cl)C2)C(=O)N2CCC[C@H]2C(=O)NC2(CCCC2)C(=O)N(C)[C@@H](C2CCCCC2)C(=O)N(C)[C@H](C(=O)N2CCCC2)CC(=O)N(C)[C@@H](CC)C(=O)N[C@@H]([C@@H](C)CC)C(=O)N(C)CC(=O)N(C)CC(=O)N1C. The van der Waals surface area contributed by atoms with Gasteiger partial charge in [0.25, 0.3) is 0 Å². The molecule has 29 heteroatoms. The summed E-state index contributed by atoms with van der Waals surface area (Å²) in [6.45, 7) is 5.99. The zero-order chi connectivity index (χ0) is 71.1. The van der Waals surface area contributed by atoms with Gasteiger partial charge in [0.15, 0.2) is 0 Å². The van der Waals surface area contributed by atoms with Crippen molar-refractivity contribution in [3.63, 3.8) is 0 Å². The first-order valence-electron chi connectivity index (χ1n) is 34.9. The van der Waals surface area contributed by atoms with Crippen LogP contribution in [0.4, 0.5) is 13.2 Å². The van der Waals surface area contributed by atoms with Gasteiger partial charge in [-0.3, -0.25) is 57.5 Å². The number of hydrogen-bond acceptors (Lipinski definition) is 13. The van der Waals surface area contributed by atoms with E-state index in [2.05, 4.69) is 16.0 Å². The number of carbonyl (C=O) groups excluding carboxylic acids is 12. The number of ether oxygens (including phenoxy) is 1. The van der Waals surface area contributed by atoms with Crippen molar-refractivity contribution in [1.29, 1.82) is 0 Å². The Morgan fingerprint density at radius 1 is 0.635 bits per heavy atom. The number of alkyl halides is 4. The molecule has 3 N–H and O–H groups in total. The van der Waals surface area contributed by atoms with Crippen LogP contribution in [0.1, 0.15) is 169 Å². The molecule has 25 nitrogen and oxygen atoms in total. The van der Waals surface area contributed by atoms with Crippen LogP contribution >= 0.6 is 11.6 Å². The van der Waals surface area contributed by atoms with Gasteiger partial charge in [-0.05, 0) is 114 Å². The van der Waals surface area contributed by atoms with Crippen LogP contribution in [0, 0.1) is 23.7 Å². The van der Waals surface area contributed by atoms with E-state index in [-0.39, 0.29) is 83.5 Å². The second-order valence-corrected chi connectivity index (χ2v) is 28.6. The Kier molecular flexibility index (Phi) is 29.1. The molecular formula is C67H108ClF3N12O13. The lowest BCUT2D eigenvalue weighted by Gasteiger charge is -2.43. The van der Waals surface area contributed by atoms with Gasteiger partial charge in [0, 0.05) is 81.0 Å². The number of likely N-dealkylation sites (tertiary alicyclic amines) is 1. The van der Waals surface area contributed by atoms with Crippen molar-refractivity contribution in [2.75, 3.05) is 102 Å². The largest absolute Gasteiger partial charge is 0.393 e. The van der Waals surface area contributed by atoms with Crippen molar-refractivity contribution < 1.29 is 75.4 Å². The number of nitrogens with one attached hydrogen (secondary N) is 3. The lowest BCUT2D eigenvalue weighted by molar-refractivity contribution is -0.182. The maximum absolute atomic E-state index is 15.6. The van der Waals surface area contributed by atoms with Crippen molar-refractivity contribution in [3.8, 4) is 0 Å². The number of likely N-dealkylation sites (N-methyl/N-ethyl adjacent to an activating group) is 7. The molecule has 6 aliphatic rings. The molecule has 6 fully saturated rings. The van der Waals surface area contributed by atoms with Crippen LogP contribution in [0.5, 0.6) is 0 Å². The Morgan fingerprint density at radius 2 is 1.26 bits per heavy atom. The molecule has 11 atom stereocenters. The highest BCUT2D eigenvalue weighted by Gasteiger charge is 2.52. The zero-order valence-electron chi connectivity index (χ0n) is 58.5. The predicted octanol–water partition coefficient (Wildman–Crippen LogP) is 3.91. The number of fused-ring (bicyclic) bond motifs is 1. The summed E-state index contributed by atoms with van der Waals surface area (Å²) >= 11 is 6.37. The molecule has 3 unspecified atom stereocenters. The zero-order valence-corrected chi connectivity index (χ0v) is 59.2. The van der Waals surface area contributed by atoms with E-state index in [1.807, 2.05) is 13.8 Å². The van der Waals surface area contributed by atoms with Gasteiger partial charge < -0.3 is 64.8 Å². The van der Waals surface area contributed by atoms with Crippen molar-refractivity contribution in [3.05, 3.63) is 0 Å². The number of carbonyl (C=O) groups is 12. The summed E-state index contributed by atoms with van der Waals surface area (Å²) in [6.07, 6.45) is 2.75. The molecule has 1 spiro atoms. The van der Waals surface area contributed by atoms with Crippen LogP contribution in [0.3, 0.4) is 0 Å². The van der Waals surface area contributed by atoms with E-state index in [4.69, 9.17) is 16.3 Å². The van der Waals surface area contributed by atoms with Gasteiger partial charge in [-0.2, -0.15) is 13.2 Å². The molecule has 0 aromatic rings. The molecule has 3 saturated heterocycles. The molecule has 3 saturated carbocycles. The van der Waals surface area contributed by atoms with Crippen molar-refractivity contribution in [2.24, 2.45) is 23.7 Å². The fraction of sp³-hybridized carbons (Fsp3) is 0.821. The molecule has 0 bridgehead atoms. The predicted molar refractivity (Wildman–Crippen MR) is 351 cm³/mol. The topological polar surface area (TPSA) is 279 Å². The number of rotatable bonds is 12.